The fourth-order valence-electron chi connectivity index (χ4n) is 2.23. The predicted octanol–water partition coefficient (Wildman–Crippen LogP) is 2.93. The zero-order valence-electron chi connectivity index (χ0n) is 15.1. The third kappa shape index (κ3) is 9.66. The molecule has 0 atom stereocenters. The summed E-state index contributed by atoms with van der Waals surface area (Å²) in [6, 6.07) is 7.90. The molecule has 0 bridgehead atoms. The van der Waals surface area contributed by atoms with Crippen LogP contribution >= 0.6 is 35.6 Å². The van der Waals surface area contributed by atoms with Gasteiger partial charge >= 0.3 is 0 Å². The molecule has 0 radical (unpaired) electrons. The molecule has 1 rings (SSSR count). The first-order valence-corrected chi connectivity index (χ1v) is 8.28. The van der Waals surface area contributed by atoms with Crippen LogP contribution in [0.2, 0.25) is 5.02 Å². The molecule has 0 aliphatic carbocycles. The van der Waals surface area contributed by atoms with Crippen molar-refractivity contribution in [2.75, 3.05) is 54.5 Å². The van der Waals surface area contributed by atoms with E-state index in [9.17, 15) is 0 Å². The second-order valence-corrected chi connectivity index (χ2v) is 6.04. The standard InChI is InChI=1S/C17H29ClN4O.HI/c1-19-17(20-10-5-11-21(2)12-13-23-4)22(3)14-15-6-8-16(18)9-7-15;/h6-9H,5,10-14H2,1-4H3,(H,19,20);1H. The van der Waals surface area contributed by atoms with Gasteiger partial charge < -0.3 is 19.9 Å². The lowest BCUT2D eigenvalue weighted by atomic mass is 10.2. The number of rotatable bonds is 9. The number of nitrogens with one attached hydrogen (secondary N) is 1. The van der Waals surface area contributed by atoms with Crippen LogP contribution in [0.15, 0.2) is 29.3 Å². The van der Waals surface area contributed by atoms with E-state index in [0.29, 0.717) is 0 Å². The van der Waals surface area contributed by atoms with Gasteiger partial charge in [0.1, 0.15) is 0 Å². The molecule has 0 aliphatic heterocycles. The van der Waals surface area contributed by atoms with Crippen LogP contribution in [-0.4, -0.2) is 70.3 Å². The van der Waals surface area contributed by atoms with Gasteiger partial charge in [0.2, 0.25) is 0 Å². The van der Waals surface area contributed by atoms with Crippen LogP contribution in [0.25, 0.3) is 0 Å². The number of hydrogen-bond donors (Lipinski definition) is 1. The summed E-state index contributed by atoms with van der Waals surface area (Å²) in [5.74, 6) is 0.902. The van der Waals surface area contributed by atoms with Crippen molar-refractivity contribution < 1.29 is 4.74 Å². The first-order chi connectivity index (χ1) is 11.1. The minimum atomic E-state index is 0. The number of aliphatic imine (C=N–C) groups is 1. The Balaban J connectivity index is 0.00000529. The summed E-state index contributed by atoms with van der Waals surface area (Å²) in [4.78, 5) is 8.72. The second kappa shape index (κ2) is 13.7. The molecule has 0 aromatic heterocycles. The van der Waals surface area contributed by atoms with Crippen LogP contribution in [0, 0.1) is 0 Å². The van der Waals surface area contributed by atoms with Gasteiger partial charge in [0.25, 0.3) is 0 Å². The van der Waals surface area contributed by atoms with Crippen molar-refractivity contribution in [2.45, 2.75) is 13.0 Å². The van der Waals surface area contributed by atoms with E-state index in [1.54, 1.807) is 7.11 Å². The zero-order valence-corrected chi connectivity index (χ0v) is 18.2. The molecule has 0 saturated heterocycles. The van der Waals surface area contributed by atoms with E-state index in [-0.39, 0.29) is 24.0 Å². The lowest BCUT2D eigenvalue weighted by Crippen LogP contribution is -2.39. The molecule has 5 nitrogen and oxygen atoms in total. The maximum atomic E-state index is 5.92. The topological polar surface area (TPSA) is 40.1 Å². The number of nitrogens with zero attached hydrogens (tertiary/aromatic N) is 3. The minimum absolute atomic E-state index is 0. The SMILES string of the molecule is CN=C(NCCCN(C)CCOC)N(C)Cc1ccc(Cl)cc1.I. The normalized spacial score (nSPS) is 11.3. The minimum Gasteiger partial charge on any atom is -0.383 e. The van der Waals surface area contributed by atoms with Crippen molar-refractivity contribution in [2.24, 2.45) is 4.99 Å². The average Bonchev–Trinajstić information content (AvgIpc) is 2.55. The monoisotopic (exact) mass is 468 g/mol. The lowest BCUT2D eigenvalue weighted by molar-refractivity contribution is 0.161. The molecule has 0 unspecified atom stereocenters. The molecule has 1 N–H and O–H groups in total. The lowest BCUT2D eigenvalue weighted by Gasteiger charge is -2.23. The van der Waals surface area contributed by atoms with E-state index in [1.165, 1.54) is 5.56 Å². The molecule has 1 aromatic carbocycles. The molecular formula is C17H30ClIN4O. The third-order valence-electron chi connectivity index (χ3n) is 3.58. The molecule has 7 heteroatoms. The Bertz CT molecular complexity index is 470. The molecule has 138 valence electrons. The van der Waals surface area contributed by atoms with Crippen LogP contribution in [0.4, 0.5) is 0 Å². The summed E-state index contributed by atoms with van der Waals surface area (Å²) in [5, 5.41) is 4.16. The molecular weight excluding hydrogens is 439 g/mol. The Hall–Kier alpha value is -0.570. The Kier molecular flexibility index (Phi) is 13.4. The smallest absolute Gasteiger partial charge is 0.193 e. The summed E-state index contributed by atoms with van der Waals surface area (Å²) in [5.41, 5.74) is 1.21. The summed E-state index contributed by atoms with van der Waals surface area (Å²) in [7, 11) is 7.69. The van der Waals surface area contributed by atoms with Gasteiger partial charge in [-0.2, -0.15) is 0 Å². The molecule has 24 heavy (non-hydrogen) atoms. The van der Waals surface area contributed by atoms with E-state index >= 15 is 0 Å². The second-order valence-electron chi connectivity index (χ2n) is 5.61. The molecule has 0 aliphatic rings. The number of halogens is 2. The average molecular weight is 469 g/mol. The number of benzene rings is 1. The Morgan fingerprint density at radius 3 is 2.46 bits per heavy atom. The highest BCUT2D eigenvalue weighted by molar-refractivity contribution is 14.0. The molecule has 0 saturated carbocycles. The Morgan fingerprint density at radius 1 is 1.21 bits per heavy atom. The van der Waals surface area contributed by atoms with Crippen LogP contribution in [0.5, 0.6) is 0 Å². The molecule has 0 spiro atoms. The van der Waals surface area contributed by atoms with Crippen molar-refractivity contribution in [1.29, 1.82) is 0 Å². The number of likely N-dealkylation sites (N-methyl/N-ethyl adjacent to an activating group) is 1. The summed E-state index contributed by atoms with van der Waals surface area (Å²) in [6.07, 6.45) is 1.06. The van der Waals surface area contributed by atoms with Crippen molar-refractivity contribution >= 4 is 41.5 Å². The summed E-state index contributed by atoms with van der Waals surface area (Å²) < 4.78 is 5.08. The van der Waals surface area contributed by atoms with Gasteiger partial charge in [-0.25, -0.2) is 0 Å². The quantitative estimate of drug-likeness (QED) is 0.262. The van der Waals surface area contributed by atoms with E-state index < -0.39 is 0 Å². The molecule has 1 aromatic rings. The highest BCUT2D eigenvalue weighted by Gasteiger charge is 2.06. The molecule has 0 fully saturated rings. The first-order valence-electron chi connectivity index (χ1n) is 7.90. The molecule has 0 heterocycles. The number of hydrogen-bond acceptors (Lipinski definition) is 3. The van der Waals surface area contributed by atoms with Crippen molar-refractivity contribution in [3.05, 3.63) is 34.9 Å². The highest BCUT2D eigenvalue weighted by Crippen LogP contribution is 2.10. The first kappa shape index (κ1) is 23.4. The fourth-order valence-corrected chi connectivity index (χ4v) is 2.36. The van der Waals surface area contributed by atoms with E-state index in [0.717, 1.165) is 50.2 Å². The largest absolute Gasteiger partial charge is 0.383 e. The van der Waals surface area contributed by atoms with Crippen LogP contribution in [0.1, 0.15) is 12.0 Å². The highest BCUT2D eigenvalue weighted by atomic mass is 127. The van der Waals surface area contributed by atoms with Crippen molar-refractivity contribution in [3.8, 4) is 0 Å². The van der Waals surface area contributed by atoms with Gasteiger partial charge in [0, 0.05) is 45.9 Å². The zero-order chi connectivity index (χ0) is 17.1. The van der Waals surface area contributed by atoms with Crippen molar-refractivity contribution in [3.63, 3.8) is 0 Å². The molecule has 0 amide bonds. The van der Waals surface area contributed by atoms with E-state index in [1.807, 2.05) is 38.4 Å². The van der Waals surface area contributed by atoms with E-state index in [4.69, 9.17) is 16.3 Å². The van der Waals surface area contributed by atoms with Gasteiger partial charge in [-0.05, 0) is 37.7 Å². The van der Waals surface area contributed by atoms with Gasteiger partial charge in [0.15, 0.2) is 5.96 Å². The number of methoxy groups -OCH3 is 1. The van der Waals surface area contributed by atoms with Crippen LogP contribution in [-0.2, 0) is 11.3 Å². The van der Waals surface area contributed by atoms with Gasteiger partial charge in [-0.3, -0.25) is 4.99 Å². The van der Waals surface area contributed by atoms with E-state index in [2.05, 4.69) is 27.2 Å². The summed E-state index contributed by atoms with van der Waals surface area (Å²) in [6.45, 7) is 4.46. The maximum absolute atomic E-state index is 5.92. The van der Waals surface area contributed by atoms with Gasteiger partial charge in [0.05, 0.1) is 6.61 Å². The Labute approximate surface area is 168 Å². The van der Waals surface area contributed by atoms with Crippen LogP contribution in [0.3, 0.4) is 0 Å². The Morgan fingerprint density at radius 2 is 1.88 bits per heavy atom. The maximum Gasteiger partial charge on any atom is 0.193 e. The third-order valence-corrected chi connectivity index (χ3v) is 3.84. The number of guanidine groups is 1. The van der Waals surface area contributed by atoms with Gasteiger partial charge in [-0.15, -0.1) is 24.0 Å². The summed E-state index contributed by atoms with van der Waals surface area (Å²) >= 11 is 5.92. The van der Waals surface area contributed by atoms with Gasteiger partial charge in [-0.1, -0.05) is 23.7 Å². The van der Waals surface area contributed by atoms with Crippen LogP contribution < -0.4 is 5.32 Å². The number of ether oxygens (including phenoxy) is 1. The fraction of sp³-hybridized carbons (Fsp3) is 0.588. The predicted molar refractivity (Wildman–Crippen MR) is 114 cm³/mol. The van der Waals surface area contributed by atoms with Crippen molar-refractivity contribution in [1.82, 2.24) is 15.1 Å².